The van der Waals surface area contributed by atoms with E-state index in [-0.39, 0.29) is 16.9 Å². The van der Waals surface area contributed by atoms with Gasteiger partial charge in [-0.3, -0.25) is 4.18 Å². The second-order valence-electron chi connectivity index (χ2n) is 9.47. The lowest BCUT2D eigenvalue weighted by atomic mass is 9.50. The van der Waals surface area contributed by atoms with Gasteiger partial charge in [0.15, 0.2) is 12.3 Å². The smallest absolute Gasteiger partial charge is 0.423 e. The van der Waals surface area contributed by atoms with E-state index in [4.69, 9.17) is 6.70 Å². The van der Waals surface area contributed by atoms with Crippen LogP contribution in [0.2, 0.25) is 0 Å². The van der Waals surface area contributed by atoms with Crippen LogP contribution in [0.5, 0.6) is 0 Å². The minimum atomic E-state index is -1.33. The molecule has 158 valence electrons. The van der Waals surface area contributed by atoms with Gasteiger partial charge in [0.1, 0.15) is 23.0 Å². The van der Waals surface area contributed by atoms with E-state index in [0.717, 1.165) is 62.7 Å². The molecule has 3 aliphatic carbocycles. The maximum atomic E-state index is 9.98. The fourth-order valence-electron chi connectivity index (χ4n) is 6.52. The molecule has 6 unspecified atom stereocenters. The van der Waals surface area contributed by atoms with Gasteiger partial charge in [0, 0.05) is 0 Å². The zero-order chi connectivity index (χ0) is 20.5. The maximum absolute atomic E-state index is 9.98. The third kappa shape index (κ3) is 4.13. The molecule has 0 aromatic heterocycles. The first-order valence-electron chi connectivity index (χ1n) is 10.6. The fraction of sp³-hybridized carbons (Fsp3) is 0.810. The molecule has 1 saturated carbocycles. The summed E-state index contributed by atoms with van der Waals surface area (Å²) in [6.07, 6.45) is 12.2. The summed E-state index contributed by atoms with van der Waals surface area (Å²) in [6.45, 7) is 9.33. The predicted molar refractivity (Wildman–Crippen MR) is 124 cm³/mol. The average Bonchev–Trinajstić information content (AvgIpc) is 2.98. The second-order valence-corrected chi connectivity index (χ2v) is 11.0. The Morgan fingerprint density at radius 3 is 2.68 bits per heavy atom. The summed E-state index contributed by atoms with van der Waals surface area (Å²) >= 11 is 2.94. The predicted octanol–water partition coefficient (Wildman–Crippen LogP) is 5.84. The van der Waals surface area contributed by atoms with Crippen LogP contribution in [0, 0.1) is 28.6 Å². The molecule has 0 amide bonds. The Kier molecular flexibility index (Phi) is 7.69. The Hall–Kier alpha value is 0.465. The topological polar surface area (TPSA) is 58.9 Å². The summed E-state index contributed by atoms with van der Waals surface area (Å²) < 4.78 is 10.8. The molecule has 0 saturated heterocycles. The lowest BCUT2D eigenvalue weighted by molar-refractivity contribution is 0.0288. The van der Waals surface area contributed by atoms with Gasteiger partial charge < -0.3 is 10.0 Å². The highest BCUT2D eigenvalue weighted by Gasteiger charge is 2.53. The lowest BCUT2D eigenvalue weighted by Crippen LogP contribution is -2.46. The molecular formula is C21H34BIO4S. The second kappa shape index (κ2) is 9.31. The summed E-state index contributed by atoms with van der Waals surface area (Å²) in [5, 5.41) is 20.0. The van der Waals surface area contributed by atoms with Gasteiger partial charge in [-0.05, 0) is 72.6 Å². The molecule has 0 radical (unpaired) electrons. The van der Waals surface area contributed by atoms with Gasteiger partial charge in [0.25, 0.3) is 0 Å². The first kappa shape index (κ1) is 23.1. The number of allylic oxidation sites excluding steroid dienone is 3. The Bertz CT molecular complexity index is 628. The van der Waals surface area contributed by atoms with Crippen molar-refractivity contribution in [3.63, 3.8) is 0 Å². The normalized spacial score (nSPS) is 40.7. The van der Waals surface area contributed by atoms with Gasteiger partial charge in [-0.1, -0.05) is 51.8 Å². The van der Waals surface area contributed by atoms with E-state index >= 15 is 0 Å². The molecule has 3 aliphatic rings. The van der Waals surface area contributed by atoms with Crippen LogP contribution in [0.3, 0.4) is 0 Å². The fourth-order valence-corrected chi connectivity index (χ4v) is 7.08. The van der Waals surface area contributed by atoms with Crippen molar-refractivity contribution in [2.45, 2.75) is 78.7 Å². The van der Waals surface area contributed by atoms with Crippen molar-refractivity contribution in [2.75, 3.05) is 0 Å². The molecule has 7 heteroatoms. The summed E-state index contributed by atoms with van der Waals surface area (Å²) in [7, 11) is -1.33. The van der Waals surface area contributed by atoms with Crippen LogP contribution >= 0.6 is 35.3 Å². The SMILES string of the molecule is CCCC1(C)C(B(O)O)=CCC1C1CC=C2CC(OSOI)CCC2(C)C1C. The monoisotopic (exact) mass is 520 g/mol. The van der Waals surface area contributed by atoms with Crippen molar-refractivity contribution >= 4 is 42.4 Å². The van der Waals surface area contributed by atoms with Crippen LogP contribution in [-0.4, -0.2) is 23.3 Å². The maximum Gasteiger partial charge on any atom is 0.484 e. The Labute approximate surface area is 189 Å². The highest BCUT2D eigenvalue weighted by molar-refractivity contribution is 14.1. The Morgan fingerprint density at radius 1 is 1.29 bits per heavy atom. The first-order chi connectivity index (χ1) is 13.3. The van der Waals surface area contributed by atoms with Crippen LogP contribution in [-0.2, 0) is 6.70 Å². The van der Waals surface area contributed by atoms with Gasteiger partial charge in [-0.2, -0.15) is 0 Å². The van der Waals surface area contributed by atoms with Crippen molar-refractivity contribution in [1.29, 1.82) is 0 Å². The van der Waals surface area contributed by atoms with E-state index in [1.54, 1.807) is 5.57 Å². The third-order valence-electron chi connectivity index (χ3n) is 8.29. The zero-order valence-electron chi connectivity index (χ0n) is 17.5. The molecule has 0 bridgehead atoms. The van der Waals surface area contributed by atoms with Gasteiger partial charge in [-0.25, -0.2) is 2.51 Å². The van der Waals surface area contributed by atoms with E-state index in [9.17, 15) is 10.0 Å². The zero-order valence-corrected chi connectivity index (χ0v) is 20.5. The quantitative estimate of drug-likeness (QED) is 0.191. The van der Waals surface area contributed by atoms with E-state index in [1.807, 2.05) is 23.0 Å². The van der Waals surface area contributed by atoms with Crippen LogP contribution in [0.1, 0.15) is 72.6 Å². The van der Waals surface area contributed by atoms with Crippen molar-refractivity contribution in [1.82, 2.24) is 0 Å². The highest BCUT2D eigenvalue weighted by Crippen LogP contribution is 2.60. The summed E-state index contributed by atoms with van der Waals surface area (Å²) in [4.78, 5) is 0. The molecular weight excluding hydrogens is 486 g/mol. The number of halogens is 1. The number of fused-ring (bicyclic) bond motifs is 1. The first-order valence-corrected chi connectivity index (χ1v) is 12.2. The van der Waals surface area contributed by atoms with Gasteiger partial charge in [0.05, 0.1) is 6.10 Å². The minimum absolute atomic E-state index is 0.113. The van der Waals surface area contributed by atoms with E-state index in [1.165, 1.54) is 0 Å². The number of hydrogen-bond donors (Lipinski definition) is 2. The number of rotatable bonds is 7. The molecule has 3 rings (SSSR count). The molecule has 4 nitrogen and oxygen atoms in total. The Morgan fingerprint density at radius 2 is 2.04 bits per heavy atom. The molecule has 1 fully saturated rings. The molecule has 6 atom stereocenters. The van der Waals surface area contributed by atoms with E-state index in [2.05, 4.69) is 39.8 Å². The minimum Gasteiger partial charge on any atom is -0.423 e. The van der Waals surface area contributed by atoms with Gasteiger partial charge >= 0.3 is 7.12 Å². The summed E-state index contributed by atoms with van der Waals surface area (Å²) in [5.41, 5.74) is 2.50. The van der Waals surface area contributed by atoms with Crippen LogP contribution < -0.4 is 0 Å². The van der Waals surface area contributed by atoms with Crippen molar-refractivity contribution in [3.05, 3.63) is 23.2 Å². The average molecular weight is 520 g/mol. The van der Waals surface area contributed by atoms with Crippen LogP contribution in [0.25, 0.3) is 0 Å². The molecule has 0 heterocycles. The van der Waals surface area contributed by atoms with Crippen molar-refractivity contribution < 1.29 is 16.7 Å². The van der Waals surface area contributed by atoms with Gasteiger partial charge in [-0.15, -0.1) is 0 Å². The molecule has 0 aromatic carbocycles. The van der Waals surface area contributed by atoms with Crippen LogP contribution in [0.4, 0.5) is 0 Å². The van der Waals surface area contributed by atoms with E-state index < -0.39 is 7.12 Å². The van der Waals surface area contributed by atoms with Crippen molar-refractivity contribution in [2.24, 2.45) is 28.6 Å². The standard InChI is InChI=1S/C21H34BIO4S/c1-5-11-21(4)18(8-9-19(21)22(24)25)17-7-6-15-13-16(26-28-27-23)10-12-20(15,3)14(17)2/h6,9,14,16-18,24-25H,5,7-8,10-13H2,1-4H3. The molecule has 0 aromatic rings. The van der Waals surface area contributed by atoms with E-state index in [0.29, 0.717) is 17.8 Å². The molecule has 0 aliphatic heterocycles. The number of hydrogen-bond acceptors (Lipinski definition) is 5. The Balaban J connectivity index is 1.81. The van der Waals surface area contributed by atoms with Crippen molar-refractivity contribution in [3.8, 4) is 0 Å². The third-order valence-corrected chi connectivity index (χ3v) is 9.13. The highest BCUT2D eigenvalue weighted by atomic mass is 127. The molecule has 2 N–H and O–H groups in total. The van der Waals surface area contributed by atoms with Crippen LogP contribution in [0.15, 0.2) is 23.2 Å². The largest absolute Gasteiger partial charge is 0.484 e. The van der Waals surface area contributed by atoms with Gasteiger partial charge in [0.2, 0.25) is 0 Å². The lowest BCUT2D eigenvalue weighted by Gasteiger charge is -2.53. The summed E-state index contributed by atoms with van der Waals surface area (Å²) in [6, 6.07) is 0. The molecule has 0 spiro atoms. The summed E-state index contributed by atoms with van der Waals surface area (Å²) in [5.74, 6) is 1.62. The molecule has 28 heavy (non-hydrogen) atoms.